The van der Waals surface area contributed by atoms with Gasteiger partial charge in [0.15, 0.2) is 0 Å². The van der Waals surface area contributed by atoms with E-state index < -0.39 is 0 Å². The Kier molecular flexibility index (Phi) is 10.9. The van der Waals surface area contributed by atoms with Crippen LogP contribution >= 0.6 is 0 Å². The minimum atomic E-state index is -0.385. The molecule has 3 amide bonds. The van der Waals surface area contributed by atoms with Crippen LogP contribution in [0.5, 0.6) is 0 Å². The van der Waals surface area contributed by atoms with Crippen molar-refractivity contribution < 1.29 is 23.9 Å². The van der Waals surface area contributed by atoms with Crippen molar-refractivity contribution in [2.24, 2.45) is 10.8 Å². The monoisotopic (exact) mass is 396 g/mol. The number of carbonyl (C=O) groups is 4. The zero-order valence-electron chi connectivity index (χ0n) is 18.4. The molecular formula is C21H36N2O5. The van der Waals surface area contributed by atoms with Crippen LogP contribution in [0.15, 0.2) is 12.2 Å². The van der Waals surface area contributed by atoms with E-state index in [1.54, 1.807) is 6.92 Å². The molecule has 0 radical (unpaired) electrons. The van der Waals surface area contributed by atoms with Gasteiger partial charge in [0.25, 0.3) is 11.8 Å². The molecule has 1 heterocycles. The maximum atomic E-state index is 12.0. The van der Waals surface area contributed by atoms with Crippen molar-refractivity contribution in [2.45, 2.75) is 61.3 Å². The summed E-state index contributed by atoms with van der Waals surface area (Å²) in [4.78, 5) is 47.1. The number of imide groups is 1. The Labute approximate surface area is 168 Å². The molecule has 0 aromatic heterocycles. The second-order valence-electron chi connectivity index (χ2n) is 8.39. The lowest BCUT2D eigenvalue weighted by molar-refractivity contribution is -0.137. The molecule has 1 rings (SSSR count). The molecule has 28 heavy (non-hydrogen) atoms. The lowest BCUT2D eigenvalue weighted by atomic mass is 9.88. The molecule has 0 spiro atoms. The summed E-state index contributed by atoms with van der Waals surface area (Å²) in [5.74, 6) is -0.854. The standard InChI is InChI=1S/C19H30N2O5.C2H6/c1-14(22)10-18(2,3)12-26-13-19(4,5)11-20-15(23)8-9-21-16(24)6-7-17(21)25;1-2/h6-7H,8-13H2,1-5H3,(H,20,23);1-2H3. The van der Waals surface area contributed by atoms with Crippen LogP contribution in [0, 0.1) is 10.8 Å². The smallest absolute Gasteiger partial charge is 0.253 e. The molecule has 160 valence electrons. The van der Waals surface area contributed by atoms with Crippen LogP contribution in [0.3, 0.4) is 0 Å². The van der Waals surface area contributed by atoms with Gasteiger partial charge in [0.1, 0.15) is 5.78 Å². The summed E-state index contributed by atoms with van der Waals surface area (Å²) in [6.45, 7) is 14.9. The van der Waals surface area contributed by atoms with Crippen LogP contribution in [-0.2, 0) is 23.9 Å². The van der Waals surface area contributed by atoms with Crippen LogP contribution in [0.4, 0.5) is 0 Å². The van der Waals surface area contributed by atoms with E-state index in [0.29, 0.717) is 26.2 Å². The van der Waals surface area contributed by atoms with Crippen LogP contribution in [0.25, 0.3) is 0 Å². The number of ketones is 1. The molecule has 0 bridgehead atoms. The van der Waals surface area contributed by atoms with Gasteiger partial charge in [-0.3, -0.25) is 19.3 Å². The van der Waals surface area contributed by atoms with E-state index in [1.165, 1.54) is 12.2 Å². The Morgan fingerprint density at radius 2 is 1.50 bits per heavy atom. The average molecular weight is 397 g/mol. The molecule has 0 fully saturated rings. The molecule has 0 unspecified atom stereocenters. The van der Waals surface area contributed by atoms with Crippen molar-refractivity contribution in [1.29, 1.82) is 0 Å². The molecule has 0 aliphatic carbocycles. The van der Waals surface area contributed by atoms with Crippen molar-refractivity contribution in [2.75, 3.05) is 26.3 Å². The van der Waals surface area contributed by atoms with Crippen LogP contribution in [0.2, 0.25) is 0 Å². The van der Waals surface area contributed by atoms with Gasteiger partial charge in [-0.15, -0.1) is 0 Å². The van der Waals surface area contributed by atoms with E-state index in [-0.39, 0.29) is 47.3 Å². The SMILES string of the molecule is CC.CC(=O)CC(C)(C)COCC(C)(C)CNC(=O)CCN1C(=O)C=CC1=O. The molecule has 0 saturated carbocycles. The normalized spacial score (nSPS) is 14.0. The van der Waals surface area contributed by atoms with Gasteiger partial charge in [-0.25, -0.2) is 0 Å². The van der Waals surface area contributed by atoms with Gasteiger partial charge in [0.05, 0.1) is 13.2 Å². The quantitative estimate of drug-likeness (QED) is 0.542. The third kappa shape index (κ3) is 10.3. The number of ether oxygens (including phenoxy) is 1. The van der Waals surface area contributed by atoms with Crippen LogP contribution in [0.1, 0.15) is 61.3 Å². The molecule has 0 aromatic rings. The van der Waals surface area contributed by atoms with Crippen molar-refractivity contribution in [3.63, 3.8) is 0 Å². The Bertz CT molecular complexity index is 576. The summed E-state index contributed by atoms with van der Waals surface area (Å²) in [7, 11) is 0. The Balaban J connectivity index is 0.00000352. The van der Waals surface area contributed by atoms with Crippen molar-refractivity contribution in [3.8, 4) is 0 Å². The topological polar surface area (TPSA) is 92.8 Å². The summed E-state index contributed by atoms with van der Waals surface area (Å²) in [6.07, 6.45) is 2.94. The van der Waals surface area contributed by atoms with Gasteiger partial charge < -0.3 is 14.8 Å². The van der Waals surface area contributed by atoms with Gasteiger partial charge in [-0.05, 0) is 12.3 Å². The average Bonchev–Trinajstić information content (AvgIpc) is 2.89. The highest BCUT2D eigenvalue weighted by Gasteiger charge is 2.26. The number of nitrogens with one attached hydrogen (secondary N) is 1. The fraction of sp³-hybridized carbons (Fsp3) is 0.714. The molecule has 1 aliphatic rings. The van der Waals surface area contributed by atoms with Crippen LogP contribution < -0.4 is 5.32 Å². The molecule has 0 saturated heterocycles. The minimum absolute atomic E-state index is 0.0712. The van der Waals surface area contributed by atoms with Crippen molar-refractivity contribution >= 4 is 23.5 Å². The third-order valence-electron chi connectivity index (χ3n) is 3.94. The summed E-state index contributed by atoms with van der Waals surface area (Å²) < 4.78 is 5.76. The number of carbonyl (C=O) groups excluding carboxylic acids is 4. The number of Topliss-reactive ketones (excluding diaryl/α,β-unsaturated/α-hetero) is 1. The number of hydrogen-bond donors (Lipinski definition) is 1. The largest absolute Gasteiger partial charge is 0.380 e. The van der Waals surface area contributed by atoms with E-state index in [4.69, 9.17) is 4.74 Å². The molecule has 0 atom stereocenters. The Morgan fingerprint density at radius 1 is 1.00 bits per heavy atom. The van der Waals surface area contributed by atoms with E-state index in [2.05, 4.69) is 5.32 Å². The molecule has 1 aliphatic heterocycles. The zero-order valence-corrected chi connectivity index (χ0v) is 18.4. The molecule has 0 aromatic carbocycles. The number of amides is 3. The highest BCUT2D eigenvalue weighted by atomic mass is 16.5. The maximum Gasteiger partial charge on any atom is 0.253 e. The van der Waals surface area contributed by atoms with Crippen LogP contribution in [-0.4, -0.2) is 54.7 Å². The second-order valence-corrected chi connectivity index (χ2v) is 8.39. The first-order chi connectivity index (χ1) is 12.9. The first-order valence-corrected chi connectivity index (χ1v) is 9.79. The molecule has 7 heteroatoms. The summed E-state index contributed by atoms with van der Waals surface area (Å²) in [5.41, 5.74) is -0.489. The summed E-state index contributed by atoms with van der Waals surface area (Å²) >= 11 is 0. The fourth-order valence-electron chi connectivity index (χ4n) is 2.67. The fourth-order valence-corrected chi connectivity index (χ4v) is 2.67. The number of nitrogens with zero attached hydrogens (tertiary/aromatic N) is 1. The van der Waals surface area contributed by atoms with Gasteiger partial charge in [0.2, 0.25) is 5.91 Å². The van der Waals surface area contributed by atoms with Crippen molar-refractivity contribution in [1.82, 2.24) is 10.2 Å². The number of hydrogen-bond acceptors (Lipinski definition) is 5. The first-order valence-electron chi connectivity index (χ1n) is 9.79. The summed E-state index contributed by atoms with van der Waals surface area (Å²) in [5, 5.41) is 2.81. The van der Waals surface area contributed by atoms with E-state index >= 15 is 0 Å². The van der Waals surface area contributed by atoms with Gasteiger partial charge >= 0.3 is 0 Å². The van der Waals surface area contributed by atoms with Gasteiger partial charge in [-0.1, -0.05) is 41.5 Å². The lowest BCUT2D eigenvalue weighted by Crippen LogP contribution is -2.39. The summed E-state index contributed by atoms with van der Waals surface area (Å²) in [6, 6.07) is 0. The third-order valence-corrected chi connectivity index (χ3v) is 3.94. The minimum Gasteiger partial charge on any atom is -0.380 e. The van der Waals surface area contributed by atoms with E-state index in [9.17, 15) is 19.2 Å². The second kappa shape index (κ2) is 11.7. The first kappa shape index (κ1) is 26.0. The predicted molar refractivity (Wildman–Crippen MR) is 109 cm³/mol. The molecule has 1 N–H and O–H groups in total. The Hall–Kier alpha value is -2.02. The Morgan fingerprint density at radius 3 is 2.00 bits per heavy atom. The number of rotatable bonds is 11. The molecular weight excluding hydrogens is 360 g/mol. The highest BCUT2D eigenvalue weighted by Crippen LogP contribution is 2.23. The molecule has 7 nitrogen and oxygen atoms in total. The van der Waals surface area contributed by atoms with Gasteiger partial charge in [0, 0.05) is 43.5 Å². The van der Waals surface area contributed by atoms with E-state index in [1.807, 2.05) is 41.5 Å². The van der Waals surface area contributed by atoms with Gasteiger partial charge in [-0.2, -0.15) is 0 Å². The highest BCUT2D eigenvalue weighted by molar-refractivity contribution is 6.13. The van der Waals surface area contributed by atoms with E-state index in [0.717, 1.165) is 4.90 Å². The lowest BCUT2D eigenvalue weighted by Gasteiger charge is -2.29. The zero-order chi connectivity index (χ0) is 22.0. The van der Waals surface area contributed by atoms with Crippen molar-refractivity contribution in [3.05, 3.63) is 12.2 Å². The predicted octanol–water partition coefficient (Wildman–Crippen LogP) is 2.49. The maximum absolute atomic E-state index is 12.0.